The summed E-state index contributed by atoms with van der Waals surface area (Å²) in [6.07, 6.45) is 0.742. The van der Waals surface area contributed by atoms with Crippen LogP contribution in [-0.4, -0.2) is 35.1 Å². The van der Waals surface area contributed by atoms with Gasteiger partial charge in [-0.15, -0.1) is 12.4 Å². The molecule has 1 amide bonds. The Labute approximate surface area is 144 Å². The summed E-state index contributed by atoms with van der Waals surface area (Å²) in [5.41, 5.74) is 6.28. The van der Waals surface area contributed by atoms with Gasteiger partial charge in [0.25, 0.3) is 5.91 Å². The standard InChI is InChI=1S/C15H15ClFN3O2.ClH/c1-8-12(15(21)20-6-5-9(18)7-20)14(19-22-8)13-10(16)3-2-4-11(13)17;/h2-4,9H,5-7,18H2,1H3;1H/t9-;/m1./s1. The van der Waals surface area contributed by atoms with E-state index < -0.39 is 5.82 Å². The molecule has 1 aromatic heterocycles. The normalized spacial score (nSPS) is 17.2. The van der Waals surface area contributed by atoms with Gasteiger partial charge in [0.2, 0.25) is 0 Å². The first-order valence-corrected chi connectivity index (χ1v) is 7.32. The minimum Gasteiger partial charge on any atom is -0.360 e. The number of likely N-dealkylation sites (tertiary alicyclic amines) is 1. The van der Waals surface area contributed by atoms with Crippen LogP contribution in [0.15, 0.2) is 22.7 Å². The van der Waals surface area contributed by atoms with Crippen molar-refractivity contribution in [3.8, 4) is 11.3 Å². The number of hydrogen-bond acceptors (Lipinski definition) is 4. The third-order valence-electron chi connectivity index (χ3n) is 3.79. The molecule has 2 N–H and O–H groups in total. The van der Waals surface area contributed by atoms with Gasteiger partial charge in [-0.25, -0.2) is 4.39 Å². The Morgan fingerprint density at radius 3 is 2.87 bits per heavy atom. The van der Waals surface area contributed by atoms with E-state index in [4.69, 9.17) is 21.9 Å². The highest BCUT2D eigenvalue weighted by Gasteiger charge is 2.31. The summed E-state index contributed by atoms with van der Waals surface area (Å²) in [6.45, 7) is 2.65. The number of halogens is 3. The lowest BCUT2D eigenvalue weighted by Crippen LogP contribution is -2.32. The summed E-state index contributed by atoms with van der Waals surface area (Å²) in [5, 5.41) is 4.02. The molecule has 1 atom stereocenters. The van der Waals surface area contributed by atoms with Crippen molar-refractivity contribution in [3.63, 3.8) is 0 Å². The van der Waals surface area contributed by atoms with Crippen LogP contribution in [-0.2, 0) is 0 Å². The van der Waals surface area contributed by atoms with Gasteiger partial charge in [0.15, 0.2) is 0 Å². The second-order valence-corrected chi connectivity index (χ2v) is 5.77. The molecule has 3 rings (SSSR count). The molecule has 5 nitrogen and oxygen atoms in total. The van der Waals surface area contributed by atoms with Crippen molar-refractivity contribution in [2.75, 3.05) is 13.1 Å². The van der Waals surface area contributed by atoms with E-state index in [0.29, 0.717) is 18.8 Å². The highest BCUT2D eigenvalue weighted by atomic mass is 35.5. The molecule has 124 valence electrons. The van der Waals surface area contributed by atoms with Crippen LogP contribution >= 0.6 is 24.0 Å². The topological polar surface area (TPSA) is 72.4 Å². The average Bonchev–Trinajstić information content (AvgIpc) is 3.05. The zero-order valence-corrected chi connectivity index (χ0v) is 14.0. The zero-order chi connectivity index (χ0) is 15.9. The van der Waals surface area contributed by atoms with Crippen molar-refractivity contribution in [1.29, 1.82) is 0 Å². The molecule has 0 saturated carbocycles. The molecule has 8 heteroatoms. The molecule has 2 aromatic rings. The number of carbonyl (C=O) groups is 1. The Kier molecular flexibility index (Phi) is 5.29. The summed E-state index contributed by atoms with van der Waals surface area (Å²) in [5.74, 6) is -0.478. The first-order valence-electron chi connectivity index (χ1n) is 6.94. The lowest BCUT2D eigenvalue weighted by atomic mass is 10.0. The van der Waals surface area contributed by atoms with Crippen LogP contribution in [0.25, 0.3) is 11.3 Å². The van der Waals surface area contributed by atoms with Gasteiger partial charge >= 0.3 is 0 Å². The smallest absolute Gasteiger partial charge is 0.259 e. The van der Waals surface area contributed by atoms with Crippen LogP contribution in [0, 0.1) is 12.7 Å². The van der Waals surface area contributed by atoms with Gasteiger partial charge in [-0.1, -0.05) is 22.8 Å². The van der Waals surface area contributed by atoms with Crippen molar-refractivity contribution in [3.05, 3.63) is 40.4 Å². The molecule has 0 bridgehead atoms. The van der Waals surface area contributed by atoms with Crippen LogP contribution in [0.2, 0.25) is 5.02 Å². The van der Waals surface area contributed by atoms with Gasteiger partial charge in [0.1, 0.15) is 22.8 Å². The third-order valence-corrected chi connectivity index (χ3v) is 4.10. The second kappa shape index (κ2) is 6.86. The number of rotatable bonds is 2. The van der Waals surface area contributed by atoms with Gasteiger partial charge in [-0.2, -0.15) is 0 Å². The fraction of sp³-hybridized carbons (Fsp3) is 0.333. The monoisotopic (exact) mass is 359 g/mol. The first-order chi connectivity index (χ1) is 10.5. The molecule has 1 fully saturated rings. The van der Waals surface area contributed by atoms with E-state index in [1.54, 1.807) is 17.9 Å². The fourth-order valence-corrected chi connectivity index (χ4v) is 2.90. The first kappa shape index (κ1) is 17.7. The van der Waals surface area contributed by atoms with E-state index in [0.717, 1.165) is 6.42 Å². The van der Waals surface area contributed by atoms with E-state index in [2.05, 4.69) is 5.16 Å². The molecule has 0 unspecified atom stereocenters. The summed E-state index contributed by atoms with van der Waals surface area (Å²) in [4.78, 5) is 14.3. The van der Waals surface area contributed by atoms with Crippen LogP contribution in [0.1, 0.15) is 22.5 Å². The molecule has 23 heavy (non-hydrogen) atoms. The minimum atomic E-state index is -0.548. The number of hydrogen-bond donors (Lipinski definition) is 1. The van der Waals surface area contributed by atoms with Crippen LogP contribution < -0.4 is 5.73 Å². The van der Waals surface area contributed by atoms with E-state index >= 15 is 0 Å². The second-order valence-electron chi connectivity index (χ2n) is 5.36. The largest absolute Gasteiger partial charge is 0.360 e. The van der Waals surface area contributed by atoms with E-state index in [9.17, 15) is 9.18 Å². The van der Waals surface area contributed by atoms with Crippen molar-refractivity contribution in [2.24, 2.45) is 5.73 Å². The molecule has 1 aliphatic heterocycles. The number of aromatic nitrogens is 1. The number of carbonyl (C=O) groups excluding carboxylic acids is 1. The van der Waals surface area contributed by atoms with Gasteiger partial charge in [-0.3, -0.25) is 4.79 Å². The number of nitrogens with two attached hydrogens (primary N) is 1. The molecule has 2 heterocycles. The minimum absolute atomic E-state index is 0. The van der Waals surface area contributed by atoms with Crippen LogP contribution in [0.3, 0.4) is 0 Å². The maximum absolute atomic E-state index is 14.1. The number of aryl methyl sites for hydroxylation is 1. The predicted molar refractivity (Wildman–Crippen MR) is 87.4 cm³/mol. The maximum atomic E-state index is 14.1. The van der Waals surface area contributed by atoms with Crippen molar-refractivity contribution < 1.29 is 13.7 Å². The zero-order valence-electron chi connectivity index (χ0n) is 12.4. The van der Waals surface area contributed by atoms with Crippen LogP contribution in [0.5, 0.6) is 0 Å². The Morgan fingerprint density at radius 2 is 2.26 bits per heavy atom. The summed E-state index contributed by atoms with van der Waals surface area (Å²) in [6, 6.07) is 4.27. The van der Waals surface area contributed by atoms with E-state index in [1.165, 1.54) is 12.1 Å². The van der Waals surface area contributed by atoms with E-state index in [-0.39, 0.29) is 46.2 Å². The molecule has 0 aliphatic carbocycles. The lowest BCUT2D eigenvalue weighted by Gasteiger charge is -2.16. The molecule has 1 saturated heterocycles. The van der Waals surface area contributed by atoms with Crippen molar-refractivity contribution in [1.82, 2.24) is 10.1 Å². The molecular formula is C15H16Cl2FN3O2. The summed E-state index contributed by atoms with van der Waals surface area (Å²) < 4.78 is 19.2. The SMILES string of the molecule is Cc1onc(-c2c(F)cccc2Cl)c1C(=O)N1CC[C@@H](N)C1.Cl. The van der Waals surface area contributed by atoms with Crippen molar-refractivity contribution >= 4 is 29.9 Å². The Morgan fingerprint density at radius 1 is 1.52 bits per heavy atom. The van der Waals surface area contributed by atoms with Gasteiger partial charge < -0.3 is 15.2 Å². The molecule has 1 aliphatic rings. The summed E-state index contributed by atoms with van der Waals surface area (Å²) in [7, 11) is 0. The van der Waals surface area contributed by atoms with Gasteiger partial charge in [0.05, 0.1) is 10.6 Å². The number of amides is 1. The maximum Gasteiger partial charge on any atom is 0.259 e. The molecule has 1 aromatic carbocycles. The summed E-state index contributed by atoms with van der Waals surface area (Å²) >= 11 is 6.07. The quantitative estimate of drug-likeness (QED) is 0.894. The molecule has 0 spiro atoms. The average molecular weight is 360 g/mol. The lowest BCUT2D eigenvalue weighted by molar-refractivity contribution is 0.0790. The van der Waals surface area contributed by atoms with Gasteiger partial charge in [-0.05, 0) is 25.5 Å². The van der Waals surface area contributed by atoms with E-state index in [1.807, 2.05) is 0 Å². The Bertz CT molecular complexity index is 715. The van der Waals surface area contributed by atoms with Gasteiger partial charge in [0, 0.05) is 19.1 Å². The highest BCUT2D eigenvalue weighted by Crippen LogP contribution is 2.34. The Hall–Kier alpha value is -1.63. The Balaban J connectivity index is 0.00000192. The third kappa shape index (κ3) is 3.20. The van der Waals surface area contributed by atoms with Crippen LogP contribution in [0.4, 0.5) is 4.39 Å². The fourth-order valence-electron chi connectivity index (χ4n) is 2.65. The molecular weight excluding hydrogens is 344 g/mol. The predicted octanol–water partition coefficient (Wildman–Crippen LogP) is 3.04. The molecule has 0 radical (unpaired) electrons. The number of nitrogens with zero attached hydrogens (tertiary/aromatic N) is 2. The number of benzene rings is 1. The van der Waals surface area contributed by atoms with Crippen molar-refractivity contribution in [2.45, 2.75) is 19.4 Å². The highest BCUT2D eigenvalue weighted by molar-refractivity contribution is 6.33.